The summed E-state index contributed by atoms with van der Waals surface area (Å²) < 4.78 is 33.5. The molecule has 1 aromatic rings. The van der Waals surface area contributed by atoms with Crippen molar-refractivity contribution in [2.24, 2.45) is 5.73 Å². The summed E-state index contributed by atoms with van der Waals surface area (Å²) in [5.74, 6) is 0.509. The van der Waals surface area contributed by atoms with Gasteiger partial charge < -0.3 is 15.2 Å². The van der Waals surface area contributed by atoms with Crippen molar-refractivity contribution >= 4 is 0 Å². The zero-order chi connectivity index (χ0) is 11.4. The lowest BCUT2D eigenvalue weighted by atomic mass is 10.1. The first-order valence-electron chi connectivity index (χ1n) is 4.43. The van der Waals surface area contributed by atoms with E-state index in [2.05, 4.69) is 4.74 Å². The molecule has 0 aliphatic heterocycles. The molecule has 0 saturated heterocycles. The largest absolute Gasteiger partial charge is 0.497 e. The Morgan fingerprint density at radius 2 is 2.00 bits per heavy atom. The molecule has 84 valence electrons. The van der Waals surface area contributed by atoms with Crippen LogP contribution in [0.3, 0.4) is 0 Å². The van der Waals surface area contributed by atoms with Crippen molar-refractivity contribution < 1.29 is 18.3 Å². The standard InChI is InChI=1S/C10H13F2NO2/c1-6(13)8-4-3-7(14-2)5-9(8)15-10(11)12/h3-6,10H,13H2,1-2H3/t6-/m0/s1. The second-order valence-corrected chi connectivity index (χ2v) is 3.07. The fourth-order valence-corrected chi connectivity index (χ4v) is 1.22. The highest BCUT2D eigenvalue weighted by molar-refractivity contribution is 5.42. The third-order valence-electron chi connectivity index (χ3n) is 1.93. The third-order valence-corrected chi connectivity index (χ3v) is 1.93. The zero-order valence-corrected chi connectivity index (χ0v) is 8.54. The second kappa shape index (κ2) is 4.93. The summed E-state index contributed by atoms with van der Waals surface area (Å²) in [5, 5.41) is 0. The van der Waals surface area contributed by atoms with Crippen molar-refractivity contribution in [1.29, 1.82) is 0 Å². The molecule has 1 rings (SSSR count). The molecule has 0 aromatic heterocycles. The van der Waals surface area contributed by atoms with Crippen molar-refractivity contribution in [3.8, 4) is 11.5 Å². The van der Waals surface area contributed by atoms with Crippen LogP contribution in [-0.4, -0.2) is 13.7 Å². The molecule has 1 atom stereocenters. The number of benzene rings is 1. The van der Waals surface area contributed by atoms with Crippen molar-refractivity contribution in [3.63, 3.8) is 0 Å². The van der Waals surface area contributed by atoms with Gasteiger partial charge >= 0.3 is 6.61 Å². The van der Waals surface area contributed by atoms with Gasteiger partial charge in [0.15, 0.2) is 0 Å². The number of hydrogen-bond donors (Lipinski definition) is 1. The molecule has 0 heterocycles. The molecular weight excluding hydrogens is 204 g/mol. The number of methoxy groups -OCH3 is 1. The number of rotatable bonds is 4. The monoisotopic (exact) mass is 217 g/mol. The van der Waals surface area contributed by atoms with Crippen LogP contribution in [0.1, 0.15) is 18.5 Å². The number of hydrogen-bond acceptors (Lipinski definition) is 3. The topological polar surface area (TPSA) is 44.5 Å². The van der Waals surface area contributed by atoms with Gasteiger partial charge in [0, 0.05) is 17.7 Å². The van der Waals surface area contributed by atoms with E-state index in [1.165, 1.54) is 13.2 Å². The van der Waals surface area contributed by atoms with Crippen LogP contribution in [0.5, 0.6) is 11.5 Å². The van der Waals surface area contributed by atoms with Crippen LogP contribution in [0.15, 0.2) is 18.2 Å². The second-order valence-electron chi connectivity index (χ2n) is 3.07. The van der Waals surface area contributed by atoms with Crippen molar-refractivity contribution in [2.45, 2.75) is 19.6 Å². The molecule has 0 radical (unpaired) electrons. The Balaban J connectivity index is 3.05. The SMILES string of the molecule is COc1ccc([C@H](C)N)c(OC(F)F)c1. The summed E-state index contributed by atoms with van der Waals surface area (Å²) in [5.41, 5.74) is 6.14. The fraction of sp³-hybridized carbons (Fsp3) is 0.400. The molecule has 2 N–H and O–H groups in total. The molecule has 1 aromatic carbocycles. The lowest BCUT2D eigenvalue weighted by Crippen LogP contribution is -2.10. The molecule has 0 amide bonds. The molecule has 0 bridgehead atoms. The molecular formula is C10H13F2NO2. The molecule has 3 nitrogen and oxygen atoms in total. The van der Waals surface area contributed by atoms with E-state index in [0.717, 1.165) is 0 Å². The van der Waals surface area contributed by atoms with Gasteiger partial charge in [0.2, 0.25) is 0 Å². The minimum Gasteiger partial charge on any atom is -0.497 e. The molecule has 0 spiro atoms. The van der Waals surface area contributed by atoms with Gasteiger partial charge in [-0.05, 0) is 13.0 Å². The molecule has 0 fully saturated rings. The van der Waals surface area contributed by atoms with Crippen LogP contribution in [0.25, 0.3) is 0 Å². The Hall–Kier alpha value is -1.36. The maximum atomic E-state index is 12.1. The average molecular weight is 217 g/mol. The van der Waals surface area contributed by atoms with Gasteiger partial charge in [-0.15, -0.1) is 0 Å². The highest BCUT2D eigenvalue weighted by Gasteiger charge is 2.13. The van der Waals surface area contributed by atoms with E-state index in [1.54, 1.807) is 19.1 Å². The van der Waals surface area contributed by atoms with E-state index in [0.29, 0.717) is 11.3 Å². The van der Waals surface area contributed by atoms with Crippen LogP contribution >= 0.6 is 0 Å². The minimum atomic E-state index is -2.87. The van der Waals surface area contributed by atoms with Crippen LogP contribution in [-0.2, 0) is 0 Å². The first-order chi connectivity index (χ1) is 7.04. The van der Waals surface area contributed by atoms with E-state index < -0.39 is 6.61 Å². The maximum absolute atomic E-state index is 12.1. The van der Waals surface area contributed by atoms with E-state index in [-0.39, 0.29) is 11.8 Å². The van der Waals surface area contributed by atoms with Gasteiger partial charge in [-0.3, -0.25) is 0 Å². The van der Waals surface area contributed by atoms with E-state index in [9.17, 15) is 8.78 Å². The quantitative estimate of drug-likeness (QED) is 0.841. The molecule has 0 aliphatic carbocycles. The summed E-state index contributed by atoms with van der Waals surface area (Å²) in [6.45, 7) is -1.17. The summed E-state index contributed by atoms with van der Waals surface area (Å²) >= 11 is 0. The van der Waals surface area contributed by atoms with Gasteiger partial charge in [0.05, 0.1) is 7.11 Å². The normalized spacial score (nSPS) is 12.7. The molecule has 0 aliphatic rings. The summed E-state index contributed by atoms with van der Waals surface area (Å²) in [7, 11) is 1.45. The van der Waals surface area contributed by atoms with Crippen LogP contribution in [0.2, 0.25) is 0 Å². The molecule has 15 heavy (non-hydrogen) atoms. The van der Waals surface area contributed by atoms with Crippen molar-refractivity contribution in [2.75, 3.05) is 7.11 Å². The summed E-state index contributed by atoms with van der Waals surface area (Å²) in [6, 6.07) is 4.29. The van der Waals surface area contributed by atoms with E-state index in [1.807, 2.05) is 0 Å². The summed E-state index contributed by atoms with van der Waals surface area (Å²) in [4.78, 5) is 0. The van der Waals surface area contributed by atoms with Gasteiger partial charge in [0.25, 0.3) is 0 Å². The van der Waals surface area contributed by atoms with Crippen molar-refractivity contribution in [1.82, 2.24) is 0 Å². The van der Waals surface area contributed by atoms with Gasteiger partial charge in [-0.25, -0.2) is 0 Å². The lowest BCUT2D eigenvalue weighted by molar-refractivity contribution is -0.0506. The minimum absolute atomic E-state index is 0.0550. The third kappa shape index (κ3) is 3.06. The van der Waals surface area contributed by atoms with Gasteiger partial charge in [0.1, 0.15) is 11.5 Å². The average Bonchev–Trinajstić information content (AvgIpc) is 2.16. The van der Waals surface area contributed by atoms with Crippen LogP contribution in [0, 0.1) is 0 Å². The zero-order valence-electron chi connectivity index (χ0n) is 8.54. The first-order valence-corrected chi connectivity index (χ1v) is 4.43. The van der Waals surface area contributed by atoms with E-state index >= 15 is 0 Å². The highest BCUT2D eigenvalue weighted by Crippen LogP contribution is 2.29. The number of nitrogens with two attached hydrogens (primary N) is 1. The highest BCUT2D eigenvalue weighted by atomic mass is 19.3. The Morgan fingerprint density at radius 1 is 1.33 bits per heavy atom. The Kier molecular flexibility index (Phi) is 3.85. The van der Waals surface area contributed by atoms with Gasteiger partial charge in [-0.1, -0.05) is 6.07 Å². The summed E-state index contributed by atoms with van der Waals surface area (Å²) in [6.07, 6.45) is 0. The predicted molar refractivity (Wildman–Crippen MR) is 52.2 cm³/mol. The van der Waals surface area contributed by atoms with Gasteiger partial charge in [-0.2, -0.15) is 8.78 Å². The lowest BCUT2D eigenvalue weighted by Gasteiger charge is -2.14. The van der Waals surface area contributed by atoms with E-state index in [4.69, 9.17) is 10.5 Å². The molecule has 0 saturated carbocycles. The maximum Gasteiger partial charge on any atom is 0.387 e. The van der Waals surface area contributed by atoms with Crippen LogP contribution < -0.4 is 15.2 Å². The molecule has 5 heteroatoms. The van der Waals surface area contributed by atoms with Crippen LogP contribution in [0.4, 0.5) is 8.78 Å². The Morgan fingerprint density at radius 3 is 2.47 bits per heavy atom. The Bertz CT molecular complexity index is 329. The molecule has 0 unspecified atom stereocenters. The first kappa shape index (κ1) is 11.7. The number of alkyl halides is 2. The fourth-order valence-electron chi connectivity index (χ4n) is 1.22. The van der Waals surface area contributed by atoms with Crippen molar-refractivity contribution in [3.05, 3.63) is 23.8 Å². The predicted octanol–water partition coefficient (Wildman–Crippen LogP) is 2.32. The smallest absolute Gasteiger partial charge is 0.387 e. The number of halogens is 2. The number of ether oxygens (including phenoxy) is 2. The Labute approximate surface area is 86.8 Å².